The Morgan fingerprint density at radius 3 is 2.47 bits per heavy atom. The Bertz CT molecular complexity index is 708. The minimum absolute atomic E-state index is 0.0139. The van der Waals surface area contributed by atoms with E-state index in [-0.39, 0.29) is 17.7 Å². The van der Waals surface area contributed by atoms with E-state index in [0.29, 0.717) is 25.8 Å². The average molecular weight is 444 g/mol. The van der Waals surface area contributed by atoms with Gasteiger partial charge in [0.05, 0.1) is 0 Å². The number of likely N-dealkylation sites (N-methyl/N-ethyl adjacent to an activating group) is 1. The summed E-state index contributed by atoms with van der Waals surface area (Å²) in [5.74, 6) is -0.405. The molecule has 6 nitrogen and oxygen atoms in total. The number of hydrogen-bond donors (Lipinski definition) is 2. The molecule has 0 unspecified atom stereocenters. The van der Waals surface area contributed by atoms with Crippen LogP contribution in [0.15, 0.2) is 30.3 Å². The van der Waals surface area contributed by atoms with Crippen molar-refractivity contribution in [3.8, 4) is 0 Å². The number of carbonyl (C=O) groups is 3. The number of hydrogen-bond acceptors (Lipinski definition) is 3. The van der Waals surface area contributed by atoms with Crippen LogP contribution in [0, 0.1) is 0 Å². The Morgan fingerprint density at radius 1 is 1.06 bits per heavy atom. The Morgan fingerprint density at radius 2 is 1.75 bits per heavy atom. The second-order valence-electron chi connectivity index (χ2n) is 8.93. The van der Waals surface area contributed by atoms with Crippen molar-refractivity contribution in [3.63, 3.8) is 0 Å². The molecule has 0 bridgehead atoms. The lowest BCUT2D eigenvalue weighted by Crippen LogP contribution is -2.54. The molecule has 1 heterocycles. The molecule has 2 rings (SSSR count). The maximum absolute atomic E-state index is 13.2. The minimum Gasteiger partial charge on any atom is -0.354 e. The van der Waals surface area contributed by atoms with Crippen LogP contribution in [0.2, 0.25) is 0 Å². The van der Waals surface area contributed by atoms with E-state index in [1.807, 2.05) is 30.3 Å². The summed E-state index contributed by atoms with van der Waals surface area (Å²) in [5, 5.41) is 5.77. The van der Waals surface area contributed by atoms with Gasteiger partial charge in [0.1, 0.15) is 12.1 Å². The third-order valence-corrected chi connectivity index (χ3v) is 6.28. The lowest BCUT2D eigenvalue weighted by molar-refractivity contribution is -0.140. The highest BCUT2D eigenvalue weighted by atomic mass is 16.2. The molecule has 32 heavy (non-hydrogen) atoms. The van der Waals surface area contributed by atoms with Gasteiger partial charge in [-0.05, 0) is 31.2 Å². The first-order valence-electron chi connectivity index (χ1n) is 12.4. The smallest absolute Gasteiger partial charge is 0.243 e. The molecule has 1 aromatic carbocycles. The molecule has 1 fully saturated rings. The average Bonchev–Trinajstić information content (AvgIpc) is 3.00. The van der Waals surface area contributed by atoms with Crippen LogP contribution in [0.1, 0.15) is 83.1 Å². The van der Waals surface area contributed by atoms with Crippen LogP contribution >= 0.6 is 0 Å². The molecule has 3 amide bonds. The van der Waals surface area contributed by atoms with E-state index < -0.39 is 12.1 Å². The molecule has 1 aliphatic rings. The molecule has 1 aliphatic heterocycles. The third kappa shape index (κ3) is 9.01. The monoisotopic (exact) mass is 443 g/mol. The summed E-state index contributed by atoms with van der Waals surface area (Å²) < 4.78 is 0. The number of rotatable bonds is 13. The molecule has 6 heteroatoms. The number of unbranched alkanes of at least 4 members (excludes halogenated alkanes) is 6. The summed E-state index contributed by atoms with van der Waals surface area (Å²) in [6, 6.07) is 8.57. The molecule has 0 radical (unpaired) electrons. The molecule has 2 atom stereocenters. The van der Waals surface area contributed by atoms with E-state index in [2.05, 4.69) is 17.6 Å². The molecule has 0 spiro atoms. The summed E-state index contributed by atoms with van der Waals surface area (Å²) in [4.78, 5) is 40.0. The zero-order valence-electron chi connectivity index (χ0n) is 19.9. The van der Waals surface area contributed by atoms with Gasteiger partial charge in [-0.25, -0.2) is 0 Å². The van der Waals surface area contributed by atoms with Crippen molar-refractivity contribution in [1.82, 2.24) is 15.5 Å². The van der Waals surface area contributed by atoms with Gasteiger partial charge >= 0.3 is 0 Å². The molecule has 0 saturated carbocycles. The molecular formula is C26H41N3O3. The van der Waals surface area contributed by atoms with Crippen LogP contribution in [0.5, 0.6) is 0 Å². The highest BCUT2D eigenvalue weighted by molar-refractivity contribution is 5.92. The SMILES string of the molecule is CCCCCCCCCC(=O)N(C)[C@@H](Cc1ccccc1)C(=O)N[C@@H]1CCCCNC1=O. The van der Waals surface area contributed by atoms with Crippen molar-refractivity contribution >= 4 is 17.7 Å². The number of benzene rings is 1. The Hall–Kier alpha value is -2.37. The Kier molecular flexibility index (Phi) is 11.8. The van der Waals surface area contributed by atoms with Gasteiger partial charge in [0.2, 0.25) is 17.7 Å². The van der Waals surface area contributed by atoms with Gasteiger partial charge in [-0.2, -0.15) is 0 Å². The normalized spacial score (nSPS) is 17.2. The zero-order chi connectivity index (χ0) is 23.2. The quantitative estimate of drug-likeness (QED) is 0.453. The first kappa shape index (κ1) is 25.9. The van der Waals surface area contributed by atoms with E-state index >= 15 is 0 Å². The summed E-state index contributed by atoms with van der Waals surface area (Å²) >= 11 is 0. The van der Waals surface area contributed by atoms with Gasteiger partial charge in [-0.1, -0.05) is 75.8 Å². The molecule has 1 aromatic rings. The van der Waals surface area contributed by atoms with Crippen LogP contribution in [0.3, 0.4) is 0 Å². The molecular weight excluding hydrogens is 402 g/mol. The van der Waals surface area contributed by atoms with E-state index in [9.17, 15) is 14.4 Å². The second-order valence-corrected chi connectivity index (χ2v) is 8.93. The van der Waals surface area contributed by atoms with Crippen LogP contribution in [0.4, 0.5) is 0 Å². The van der Waals surface area contributed by atoms with E-state index in [1.165, 1.54) is 25.7 Å². The Labute approximate surface area is 193 Å². The number of carbonyl (C=O) groups excluding carboxylic acids is 3. The fourth-order valence-electron chi connectivity index (χ4n) is 4.17. The number of amides is 3. The maximum Gasteiger partial charge on any atom is 0.243 e. The predicted molar refractivity (Wildman–Crippen MR) is 128 cm³/mol. The number of nitrogens with one attached hydrogen (secondary N) is 2. The van der Waals surface area contributed by atoms with Gasteiger partial charge in [-0.15, -0.1) is 0 Å². The van der Waals surface area contributed by atoms with Gasteiger partial charge in [-0.3, -0.25) is 14.4 Å². The largest absolute Gasteiger partial charge is 0.354 e. The highest BCUT2D eigenvalue weighted by Gasteiger charge is 2.30. The van der Waals surface area contributed by atoms with Gasteiger partial charge in [0.15, 0.2) is 0 Å². The standard InChI is InChI=1S/C26H41N3O3/c1-3-4-5-6-7-8-12-18-24(30)29(2)23(20-21-15-10-9-11-16-21)26(32)28-22-17-13-14-19-27-25(22)31/h9-11,15-16,22-23H,3-8,12-14,17-20H2,1-2H3,(H,27,31)(H,28,32)/t22-,23+/m1/s1. The summed E-state index contributed by atoms with van der Waals surface area (Å²) in [5.41, 5.74) is 0.994. The highest BCUT2D eigenvalue weighted by Crippen LogP contribution is 2.14. The third-order valence-electron chi connectivity index (χ3n) is 6.28. The maximum atomic E-state index is 13.2. The molecule has 178 valence electrons. The van der Waals surface area contributed by atoms with Crippen LogP contribution in [0.25, 0.3) is 0 Å². The van der Waals surface area contributed by atoms with Crippen LogP contribution in [-0.2, 0) is 20.8 Å². The molecule has 1 saturated heterocycles. The van der Waals surface area contributed by atoms with Crippen molar-refractivity contribution in [2.45, 2.75) is 96.1 Å². The van der Waals surface area contributed by atoms with Crippen LogP contribution < -0.4 is 10.6 Å². The summed E-state index contributed by atoms with van der Waals surface area (Å²) in [7, 11) is 1.71. The van der Waals surface area contributed by atoms with Gasteiger partial charge in [0, 0.05) is 26.4 Å². The van der Waals surface area contributed by atoms with E-state index in [1.54, 1.807) is 11.9 Å². The summed E-state index contributed by atoms with van der Waals surface area (Å²) in [6.07, 6.45) is 11.4. The minimum atomic E-state index is -0.634. The van der Waals surface area contributed by atoms with Gasteiger partial charge < -0.3 is 15.5 Å². The zero-order valence-corrected chi connectivity index (χ0v) is 19.9. The fraction of sp³-hybridized carbons (Fsp3) is 0.654. The fourth-order valence-corrected chi connectivity index (χ4v) is 4.17. The second kappa shape index (κ2) is 14.6. The summed E-state index contributed by atoms with van der Waals surface area (Å²) in [6.45, 7) is 2.86. The van der Waals surface area contributed by atoms with Crippen molar-refractivity contribution in [2.24, 2.45) is 0 Å². The van der Waals surface area contributed by atoms with Crippen molar-refractivity contribution in [3.05, 3.63) is 35.9 Å². The molecule has 0 aromatic heterocycles. The van der Waals surface area contributed by atoms with Crippen LogP contribution in [-0.4, -0.2) is 48.3 Å². The van der Waals surface area contributed by atoms with Crippen molar-refractivity contribution in [2.75, 3.05) is 13.6 Å². The lowest BCUT2D eigenvalue weighted by atomic mass is 10.0. The Balaban J connectivity index is 1.96. The van der Waals surface area contributed by atoms with E-state index in [4.69, 9.17) is 0 Å². The predicted octanol–water partition coefficient (Wildman–Crippen LogP) is 3.98. The number of nitrogens with zero attached hydrogens (tertiary/aromatic N) is 1. The first-order chi connectivity index (χ1) is 15.5. The topological polar surface area (TPSA) is 78.5 Å². The van der Waals surface area contributed by atoms with Gasteiger partial charge in [0.25, 0.3) is 0 Å². The van der Waals surface area contributed by atoms with E-state index in [0.717, 1.165) is 37.7 Å². The molecule has 0 aliphatic carbocycles. The lowest BCUT2D eigenvalue weighted by Gasteiger charge is -2.29. The first-order valence-corrected chi connectivity index (χ1v) is 12.4. The van der Waals surface area contributed by atoms with Crippen molar-refractivity contribution < 1.29 is 14.4 Å². The van der Waals surface area contributed by atoms with Crippen molar-refractivity contribution in [1.29, 1.82) is 0 Å². The molecule has 2 N–H and O–H groups in total.